The standard InChI is InChI=1S/C28H38F6O3/c1-4-14-35-19-7-9-20-18(17-19)6-8-22-21(20)12-13-25(2)23(22)10-11-24(25)36-15-5-16-37-26(3,27(29,30)31)28(32,33)34/h7,9,17,21-24H,4-6,8,10-16H2,1-3H3. The highest BCUT2D eigenvalue weighted by Gasteiger charge is 2.69. The first-order valence-electron chi connectivity index (χ1n) is 13.5. The molecule has 0 spiro atoms. The summed E-state index contributed by atoms with van der Waals surface area (Å²) in [5.41, 5.74) is -1.39. The lowest BCUT2D eigenvalue weighted by atomic mass is 9.55. The number of alkyl halides is 6. The van der Waals surface area contributed by atoms with Crippen LogP contribution in [-0.2, 0) is 15.9 Å². The maximum Gasteiger partial charge on any atom is 0.426 e. The van der Waals surface area contributed by atoms with Gasteiger partial charge in [-0.25, -0.2) is 0 Å². The van der Waals surface area contributed by atoms with Crippen molar-refractivity contribution in [1.82, 2.24) is 0 Å². The molecule has 0 saturated heterocycles. The molecular formula is C28H38F6O3. The SMILES string of the molecule is CCCOc1ccc2c(c1)CCC1C2CCC2(C)C(OCCCOC(C)(C(F)(F)F)C(F)(F)F)CCC12. The molecule has 3 nitrogen and oxygen atoms in total. The van der Waals surface area contributed by atoms with Gasteiger partial charge in [-0.05, 0) is 105 Å². The Morgan fingerprint density at radius 2 is 1.68 bits per heavy atom. The zero-order valence-corrected chi connectivity index (χ0v) is 21.8. The van der Waals surface area contributed by atoms with E-state index in [1.54, 1.807) is 0 Å². The molecule has 0 N–H and O–H groups in total. The molecule has 0 bridgehead atoms. The van der Waals surface area contributed by atoms with Crippen LogP contribution in [0.3, 0.4) is 0 Å². The third-order valence-corrected chi connectivity index (χ3v) is 9.16. The number of hydrogen-bond donors (Lipinski definition) is 0. The maximum atomic E-state index is 13.0. The van der Waals surface area contributed by atoms with Crippen molar-refractivity contribution < 1.29 is 40.6 Å². The lowest BCUT2D eigenvalue weighted by Crippen LogP contribution is -2.56. The van der Waals surface area contributed by atoms with E-state index >= 15 is 0 Å². The average Bonchev–Trinajstić information content (AvgIpc) is 3.16. The number of rotatable bonds is 9. The zero-order chi connectivity index (χ0) is 27.1. The van der Waals surface area contributed by atoms with Gasteiger partial charge in [0.1, 0.15) is 5.75 Å². The summed E-state index contributed by atoms with van der Waals surface area (Å²) in [5.74, 6) is 2.50. The molecule has 210 valence electrons. The van der Waals surface area contributed by atoms with Crippen LogP contribution in [0.25, 0.3) is 0 Å². The van der Waals surface area contributed by atoms with Crippen molar-refractivity contribution in [3.63, 3.8) is 0 Å². The summed E-state index contributed by atoms with van der Waals surface area (Å²) in [6.07, 6.45) is -4.10. The summed E-state index contributed by atoms with van der Waals surface area (Å²) in [5, 5.41) is 0. The zero-order valence-electron chi connectivity index (χ0n) is 21.8. The molecule has 2 saturated carbocycles. The first-order valence-corrected chi connectivity index (χ1v) is 13.5. The van der Waals surface area contributed by atoms with Gasteiger partial charge in [-0.1, -0.05) is 19.9 Å². The lowest BCUT2D eigenvalue weighted by molar-refractivity contribution is -0.374. The molecule has 4 rings (SSSR count). The number of halogens is 6. The van der Waals surface area contributed by atoms with E-state index in [0.29, 0.717) is 24.4 Å². The molecule has 0 amide bonds. The number of ether oxygens (including phenoxy) is 3. The Hall–Kier alpha value is -1.48. The monoisotopic (exact) mass is 536 g/mol. The Balaban J connectivity index is 1.33. The third-order valence-electron chi connectivity index (χ3n) is 9.16. The van der Waals surface area contributed by atoms with E-state index < -0.39 is 24.6 Å². The van der Waals surface area contributed by atoms with E-state index in [2.05, 4.69) is 36.8 Å². The fourth-order valence-electron chi connectivity index (χ4n) is 6.98. The van der Waals surface area contributed by atoms with Crippen LogP contribution in [0.5, 0.6) is 5.75 Å². The Morgan fingerprint density at radius 3 is 2.35 bits per heavy atom. The fourth-order valence-corrected chi connectivity index (χ4v) is 6.98. The largest absolute Gasteiger partial charge is 0.494 e. The average molecular weight is 537 g/mol. The lowest BCUT2D eigenvalue weighted by Gasteiger charge is -2.50. The second-order valence-electron chi connectivity index (χ2n) is 11.3. The topological polar surface area (TPSA) is 27.7 Å². The minimum absolute atomic E-state index is 0.0269. The molecule has 2 fully saturated rings. The second kappa shape index (κ2) is 10.6. The summed E-state index contributed by atoms with van der Waals surface area (Å²) in [6.45, 7) is 4.50. The predicted octanol–water partition coefficient (Wildman–Crippen LogP) is 8.01. The highest BCUT2D eigenvalue weighted by atomic mass is 19.4. The van der Waals surface area contributed by atoms with Crippen LogP contribution in [0.4, 0.5) is 26.3 Å². The molecule has 37 heavy (non-hydrogen) atoms. The Bertz CT molecular complexity index is 915. The van der Waals surface area contributed by atoms with E-state index in [4.69, 9.17) is 9.47 Å². The summed E-state index contributed by atoms with van der Waals surface area (Å²) >= 11 is 0. The highest BCUT2D eigenvalue weighted by Crippen LogP contribution is 2.61. The Morgan fingerprint density at radius 1 is 0.946 bits per heavy atom. The van der Waals surface area contributed by atoms with Gasteiger partial charge in [0.15, 0.2) is 0 Å². The van der Waals surface area contributed by atoms with Gasteiger partial charge in [0.25, 0.3) is 5.60 Å². The summed E-state index contributed by atoms with van der Waals surface area (Å²) in [7, 11) is 0. The van der Waals surface area contributed by atoms with E-state index in [-0.39, 0.29) is 31.5 Å². The number of hydrogen-bond acceptors (Lipinski definition) is 3. The molecule has 0 aliphatic heterocycles. The van der Waals surface area contributed by atoms with Crippen molar-refractivity contribution in [3.8, 4) is 5.75 Å². The number of aryl methyl sites for hydroxylation is 1. The van der Waals surface area contributed by atoms with Gasteiger partial charge in [0.05, 0.1) is 19.3 Å². The van der Waals surface area contributed by atoms with Gasteiger partial charge in [-0.3, -0.25) is 0 Å². The van der Waals surface area contributed by atoms with Gasteiger partial charge >= 0.3 is 12.4 Å². The summed E-state index contributed by atoms with van der Waals surface area (Å²) in [6, 6.07) is 6.51. The van der Waals surface area contributed by atoms with Crippen LogP contribution in [0.1, 0.15) is 82.8 Å². The second-order valence-corrected chi connectivity index (χ2v) is 11.3. The van der Waals surface area contributed by atoms with Crippen molar-refractivity contribution in [1.29, 1.82) is 0 Å². The van der Waals surface area contributed by atoms with Gasteiger partial charge < -0.3 is 14.2 Å². The van der Waals surface area contributed by atoms with Crippen molar-refractivity contribution in [3.05, 3.63) is 29.3 Å². The first kappa shape index (κ1) is 28.5. The van der Waals surface area contributed by atoms with Crippen LogP contribution in [0.2, 0.25) is 0 Å². The van der Waals surface area contributed by atoms with Crippen molar-refractivity contribution >= 4 is 0 Å². The van der Waals surface area contributed by atoms with Crippen LogP contribution < -0.4 is 4.74 Å². The van der Waals surface area contributed by atoms with Crippen molar-refractivity contribution in [2.24, 2.45) is 17.3 Å². The van der Waals surface area contributed by atoms with Crippen LogP contribution in [0, 0.1) is 17.3 Å². The normalized spacial score (nSPS) is 30.0. The molecular weight excluding hydrogens is 498 g/mol. The quantitative estimate of drug-likeness (QED) is 0.236. The van der Waals surface area contributed by atoms with Crippen LogP contribution >= 0.6 is 0 Å². The molecule has 3 aliphatic rings. The molecule has 5 atom stereocenters. The molecule has 9 heteroatoms. The number of benzene rings is 1. The van der Waals surface area contributed by atoms with E-state index in [1.165, 1.54) is 11.1 Å². The van der Waals surface area contributed by atoms with E-state index in [1.807, 2.05) is 0 Å². The predicted molar refractivity (Wildman–Crippen MR) is 128 cm³/mol. The molecule has 0 radical (unpaired) electrons. The molecule has 0 heterocycles. The summed E-state index contributed by atoms with van der Waals surface area (Å²) < 4.78 is 94.3. The molecule has 0 aromatic heterocycles. The fraction of sp³-hybridized carbons (Fsp3) is 0.786. The van der Waals surface area contributed by atoms with Crippen molar-refractivity contribution in [2.45, 2.75) is 102 Å². The van der Waals surface area contributed by atoms with Gasteiger partial charge in [0, 0.05) is 6.61 Å². The van der Waals surface area contributed by atoms with Crippen LogP contribution in [0.15, 0.2) is 18.2 Å². The van der Waals surface area contributed by atoms with Crippen molar-refractivity contribution in [2.75, 3.05) is 19.8 Å². The molecule has 5 unspecified atom stereocenters. The van der Waals surface area contributed by atoms with Gasteiger partial charge in [0.2, 0.25) is 0 Å². The Kier molecular flexibility index (Phi) is 8.16. The van der Waals surface area contributed by atoms with E-state index in [0.717, 1.165) is 50.7 Å². The highest BCUT2D eigenvalue weighted by molar-refractivity contribution is 5.40. The minimum atomic E-state index is -5.54. The molecule has 1 aromatic rings. The van der Waals surface area contributed by atoms with Crippen LogP contribution in [-0.4, -0.2) is 43.9 Å². The Labute approximate surface area is 215 Å². The molecule has 1 aromatic carbocycles. The third kappa shape index (κ3) is 5.36. The van der Waals surface area contributed by atoms with Gasteiger partial charge in [-0.15, -0.1) is 0 Å². The first-order chi connectivity index (χ1) is 17.3. The minimum Gasteiger partial charge on any atom is -0.494 e. The molecule has 3 aliphatic carbocycles. The maximum absolute atomic E-state index is 13.0. The number of fused-ring (bicyclic) bond motifs is 5. The smallest absolute Gasteiger partial charge is 0.426 e. The van der Waals surface area contributed by atoms with Gasteiger partial charge in [-0.2, -0.15) is 26.3 Å². The summed E-state index contributed by atoms with van der Waals surface area (Å²) in [4.78, 5) is 0. The van der Waals surface area contributed by atoms with E-state index in [9.17, 15) is 26.3 Å².